The monoisotopic (exact) mass is 206 g/mol. The Bertz CT molecular complexity index is 327. The van der Waals surface area contributed by atoms with Crippen LogP contribution in [0.3, 0.4) is 0 Å². The summed E-state index contributed by atoms with van der Waals surface area (Å²) in [5, 5.41) is 9.17. The predicted molar refractivity (Wildman–Crippen MR) is 61.0 cm³/mol. The van der Waals surface area contributed by atoms with E-state index in [4.69, 9.17) is 0 Å². The molecule has 1 aromatic heterocycles. The summed E-state index contributed by atoms with van der Waals surface area (Å²) in [5.74, 6) is 0.437. The van der Waals surface area contributed by atoms with Gasteiger partial charge in [-0.3, -0.25) is 4.98 Å². The molecule has 2 rings (SSSR count). The van der Waals surface area contributed by atoms with Gasteiger partial charge in [-0.1, -0.05) is 0 Å². The lowest BCUT2D eigenvalue weighted by Gasteiger charge is -2.33. The lowest BCUT2D eigenvalue weighted by atomic mass is 9.98. The normalized spacial score (nSPS) is 21.7. The summed E-state index contributed by atoms with van der Waals surface area (Å²) < 4.78 is 0. The van der Waals surface area contributed by atoms with Crippen molar-refractivity contribution < 1.29 is 5.11 Å². The Balaban J connectivity index is 2.09. The Morgan fingerprint density at radius 1 is 1.60 bits per heavy atom. The minimum absolute atomic E-state index is 0.306. The molecule has 1 aliphatic heterocycles. The molecular weight excluding hydrogens is 188 g/mol. The molecule has 0 aliphatic carbocycles. The van der Waals surface area contributed by atoms with Crippen LogP contribution in [0, 0.1) is 12.8 Å². The summed E-state index contributed by atoms with van der Waals surface area (Å²) in [6.07, 6.45) is 4.18. The zero-order valence-corrected chi connectivity index (χ0v) is 9.19. The maximum absolute atomic E-state index is 9.17. The Morgan fingerprint density at radius 2 is 2.47 bits per heavy atom. The lowest BCUT2D eigenvalue weighted by molar-refractivity contribution is 0.208. The fourth-order valence-corrected chi connectivity index (χ4v) is 2.18. The highest BCUT2D eigenvalue weighted by Gasteiger charge is 2.19. The van der Waals surface area contributed by atoms with Crippen LogP contribution in [-0.2, 0) is 0 Å². The van der Waals surface area contributed by atoms with Gasteiger partial charge >= 0.3 is 0 Å². The van der Waals surface area contributed by atoms with Gasteiger partial charge in [0.25, 0.3) is 0 Å². The largest absolute Gasteiger partial charge is 0.396 e. The van der Waals surface area contributed by atoms with E-state index >= 15 is 0 Å². The minimum atomic E-state index is 0.306. The molecule has 2 heterocycles. The molecule has 1 saturated heterocycles. The number of pyridine rings is 1. The van der Waals surface area contributed by atoms with Crippen molar-refractivity contribution in [3.63, 3.8) is 0 Å². The number of hydrogen-bond acceptors (Lipinski definition) is 3. The molecule has 0 saturated carbocycles. The van der Waals surface area contributed by atoms with E-state index < -0.39 is 0 Å². The van der Waals surface area contributed by atoms with Crippen molar-refractivity contribution in [2.45, 2.75) is 19.8 Å². The fourth-order valence-electron chi connectivity index (χ4n) is 2.18. The molecule has 1 atom stereocenters. The third-order valence-electron chi connectivity index (χ3n) is 3.02. The van der Waals surface area contributed by atoms with Crippen molar-refractivity contribution in [1.82, 2.24) is 4.98 Å². The molecule has 0 radical (unpaired) electrons. The summed E-state index contributed by atoms with van der Waals surface area (Å²) in [7, 11) is 0. The second-order valence-electron chi connectivity index (χ2n) is 4.29. The molecule has 1 aromatic rings. The maximum atomic E-state index is 9.17. The molecule has 1 fully saturated rings. The van der Waals surface area contributed by atoms with Gasteiger partial charge in [0.2, 0.25) is 0 Å². The smallest absolute Gasteiger partial charge is 0.0476 e. The van der Waals surface area contributed by atoms with Crippen LogP contribution < -0.4 is 4.90 Å². The van der Waals surface area contributed by atoms with E-state index in [0.717, 1.165) is 25.2 Å². The van der Waals surface area contributed by atoms with Crippen molar-refractivity contribution in [2.75, 3.05) is 24.6 Å². The summed E-state index contributed by atoms with van der Waals surface area (Å²) in [6.45, 7) is 4.39. The van der Waals surface area contributed by atoms with Crippen LogP contribution >= 0.6 is 0 Å². The zero-order chi connectivity index (χ0) is 10.7. The summed E-state index contributed by atoms with van der Waals surface area (Å²) in [6, 6.07) is 4.16. The Labute approximate surface area is 90.8 Å². The van der Waals surface area contributed by atoms with Gasteiger partial charge in [-0.2, -0.15) is 0 Å². The SMILES string of the molecule is Cc1cc(N2CCCC(CO)C2)ccn1. The van der Waals surface area contributed by atoms with E-state index in [9.17, 15) is 5.11 Å². The molecule has 82 valence electrons. The number of piperidine rings is 1. The first-order valence-corrected chi connectivity index (χ1v) is 5.58. The molecular formula is C12H18N2O. The number of anilines is 1. The second kappa shape index (κ2) is 4.62. The fraction of sp³-hybridized carbons (Fsp3) is 0.583. The predicted octanol–water partition coefficient (Wildman–Crippen LogP) is 1.60. The number of rotatable bonds is 2. The highest BCUT2D eigenvalue weighted by atomic mass is 16.3. The van der Waals surface area contributed by atoms with Crippen LogP contribution in [0.25, 0.3) is 0 Å². The van der Waals surface area contributed by atoms with Crippen LogP contribution in [0.2, 0.25) is 0 Å². The van der Waals surface area contributed by atoms with Gasteiger partial charge in [-0.25, -0.2) is 0 Å². The second-order valence-corrected chi connectivity index (χ2v) is 4.29. The number of aromatic nitrogens is 1. The van der Waals surface area contributed by atoms with Gasteiger partial charge in [0.1, 0.15) is 0 Å². The molecule has 15 heavy (non-hydrogen) atoms. The highest BCUT2D eigenvalue weighted by molar-refractivity contribution is 5.46. The molecule has 0 aromatic carbocycles. The van der Waals surface area contributed by atoms with Crippen molar-refractivity contribution in [3.05, 3.63) is 24.0 Å². The van der Waals surface area contributed by atoms with Gasteiger partial charge in [-0.15, -0.1) is 0 Å². The van der Waals surface area contributed by atoms with Crippen molar-refractivity contribution in [2.24, 2.45) is 5.92 Å². The first-order valence-electron chi connectivity index (χ1n) is 5.58. The number of aryl methyl sites for hydroxylation is 1. The van der Waals surface area contributed by atoms with Gasteiger partial charge in [0, 0.05) is 37.3 Å². The average Bonchev–Trinajstić information content (AvgIpc) is 2.29. The van der Waals surface area contributed by atoms with Gasteiger partial charge < -0.3 is 10.0 Å². The summed E-state index contributed by atoms with van der Waals surface area (Å²) in [4.78, 5) is 6.54. The number of aliphatic hydroxyl groups excluding tert-OH is 1. The van der Waals surface area contributed by atoms with Crippen LogP contribution in [0.1, 0.15) is 18.5 Å². The van der Waals surface area contributed by atoms with Gasteiger partial charge in [0.05, 0.1) is 0 Å². The molecule has 0 spiro atoms. The van der Waals surface area contributed by atoms with E-state index in [0.29, 0.717) is 12.5 Å². The molecule has 3 nitrogen and oxygen atoms in total. The van der Waals surface area contributed by atoms with E-state index in [1.54, 1.807) is 0 Å². The Morgan fingerprint density at radius 3 is 3.20 bits per heavy atom. The third-order valence-corrected chi connectivity index (χ3v) is 3.02. The summed E-state index contributed by atoms with van der Waals surface area (Å²) in [5.41, 5.74) is 2.29. The van der Waals surface area contributed by atoms with Crippen molar-refractivity contribution in [1.29, 1.82) is 0 Å². The van der Waals surface area contributed by atoms with E-state index in [2.05, 4.69) is 16.0 Å². The zero-order valence-electron chi connectivity index (χ0n) is 9.19. The van der Waals surface area contributed by atoms with Crippen LogP contribution in [-0.4, -0.2) is 29.8 Å². The van der Waals surface area contributed by atoms with Crippen molar-refractivity contribution >= 4 is 5.69 Å². The van der Waals surface area contributed by atoms with Crippen molar-refractivity contribution in [3.8, 4) is 0 Å². The van der Waals surface area contributed by atoms with E-state index in [1.807, 2.05) is 19.2 Å². The van der Waals surface area contributed by atoms with Crippen LogP contribution in [0.5, 0.6) is 0 Å². The first-order chi connectivity index (χ1) is 7.29. The van der Waals surface area contributed by atoms with E-state index in [1.165, 1.54) is 12.1 Å². The lowest BCUT2D eigenvalue weighted by Crippen LogP contribution is -2.36. The summed E-state index contributed by atoms with van der Waals surface area (Å²) >= 11 is 0. The van der Waals surface area contributed by atoms with Crippen LogP contribution in [0.15, 0.2) is 18.3 Å². The highest BCUT2D eigenvalue weighted by Crippen LogP contribution is 2.22. The average molecular weight is 206 g/mol. The molecule has 0 bridgehead atoms. The van der Waals surface area contributed by atoms with Gasteiger partial charge in [-0.05, 0) is 37.8 Å². The molecule has 1 N–H and O–H groups in total. The van der Waals surface area contributed by atoms with Crippen LogP contribution in [0.4, 0.5) is 5.69 Å². The molecule has 1 unspecified atom stereocenters. The standard InChI is InChI=1S/C12H18N2O/c1-10-7-12(4-5-13-10)14-6-2-3-11(8-14)9-15/h4-5,7,11,15H,2-3,6,8-9H2,1H3. The quantitative estimate of drug-likeness (QED) is 0.798. The topological polar surface area (TPSA) is 36.4 Å². The minimum Gasteiger partial charge on any atom is -0.396 e. The number of hydrogen-bond donors (Lipinski definition) is 1. The molecule has 0 amide bonds. The first kappa shape index (κ1) is 10.4. The molecule has 1 aliphatic rings. The van der Waals surface area contributed by atoms with E-state index in [-0.39, 0.29) is 0 Å². The number of aliphatic hydroxyl groups is 1. The number of nitrogens with zero attached hydrogens (tertiary/aromatic N) is 2. The third kappa shape index (κ3) is 2.48. The van der Waals surface area contributed by atoms with Gasteiger partial charge in [0.15, 0.2) is 0 Å². The molecule has 3 heteroatoms. The Hall–Kier alpha value is -1.09. The Kier molecular flexibility index (Phi) is 3.21. The maximum Gasteiger partial charge on any atom is 0.0476 e.